The lowest BCUT2D eigenvalue weighted by molar-refractivity contribution is 0.0277. The summed E-state index contributed by atoms with van der Waals surface area (Å²) in [6, 6.07) is 17.0. The Labute approximate surface area is 175 Å². The molecule has 4 rings (SSSR count). The summed E-state index contributed by atoms with van der Waals surface area (Å²) in [6.07, 6.45) is 0.0505. The predicted molar refractivity (Wildman–Crippen MR) is 114 cm³/mol. The molecule has 3 aromatic rings. The first-order valence-corrected chi connectivity index (χ1v) is 9.17. The monoisotopic (exact) mass is 414 g/mol. The molecule has 2 heterocycles. The summed E-state index contributed by atoms with van der Waals surface area (Å²) < 4.78 is 11.1. The summed E-state index contributed by atoms with van der Waals surface area (Å²) in [7, 11) is 1.61. The highest BCUT2D eigenvalue weighted by Crippen LogP contribution is 2.28. The summed E-state index contributed by atoms with van der Waals surface area (Å²) in [5.41, 5.74) is 3.66. The van der Waals surface area contributed by atoms with Crippen LogP contribution >= 0.6 is 12.4 Å². The van der Waals surface area contributed by atoms with Crippen LogP contribution in [0.1, 0.15) is 22.2 Å². The Bertz CT molecular complexity index is 953. The van der Waals surface area contributed by atoms with E-state index in [0.29, 0.717) is 29.4 Å². The average Bonchev–Trinajstić information content (AvgIpc) is 3.25. The molecule has 1 amide bonds. The van der Waals surface area contributed by atoms with E-state index in [4.69, 9.17) is 9.47 Å². The smallest absolute Gasteiger partial charge is 0.273 e. The third-order valence-corrected chi connectivity index (χ3v) is 4.67. The number of hydrogen-bond donors (Lipinski definition) is 3. The van der Waals surface area contributed by atoms with Crippen molar-refractivity contribution in [3.05, 3.63) is 65.9 Å². The number of nitrogens with zero attached hydrogens (tertiary/aromatic N) is 1. The number of methoxy groups -OCH3 is 1. The van der Waals surface area contributed by atoms with Crippen LogP contribution in [0.4, 0.5) is 5.69 Å². The minimum atomic E-state index is -0.253. The van der Waals surface area contributed by atoms with Gasteiger partial charge in [-0.1, -0.05) is 24.3 Å². The Morgan fingerprint density at radius 1 is 1.21 bits per heavy atom. The molecule has 1 aliphatic heterocycles. The lowest BCUT2D eigenvalue weighted by Gasteiger charge is -2.24. The number of hydrogen-bond acceptors (Lipinski definition) is 5. The second kappa shape index (κ2) is 9.56. The van der Waals surface area contributed by atoms with E-state index in [1.807, 2.05) is 48.5 Å². The van der Waals surface area contributed by atoms with Gasteiger partial charge in [0.25, 0.3) is 5.91 Å². The molecule has 1 unspecified atom stereocenters. The molecule has 0 radical (unpaired) electrons. The van der Waals surface area contributed by atoms with E-state index in [9.17, 15) is 4.79 Å². The molecule has 0 bridgehead atoms. The van der Waals surface area contributed by atoms with Crippen molar-refractivity contribution < 1.29 is 14.3 Å². The molecule has 1 atom stereocenters. The maximum Gasteiger partial charge on any atom is 0.273 e. The second-order valence-corrected chi connectivity index (χ2v) is 6.51. The minimum absolute atomic E-state index is 0. The van der Waals surface area contributed by atoms with Crippen LogP contribution in [0.25, 0.3) is 11.3 Å². The largest absolute Gasteiger partial charge is 0.496 e. The predicted octanol–water partition coefficient (Wildman–Crippen LogP) is 3.42. The summed E-state index contributed by atoms with van der Waals surface area (Å²) >= 11 is 0. The Morgan fingerprint density at radius 2 is 2.00 bits per heavy atom. The van der Waals surface area contributed by atoms with Gasteiger partial charge in [-0.15, -0.1) is 12.4 Å². The first-order valence-electron chi connectivity index (χ1n) is 9.17. The molecule has 7 nitrogen and oxygen atoms in total. The number of morpholine rings is 1. The van der Waals surface area contributed by atoms with Gasteiger partial charge >= 0.3 is 0 Å². The summed E-state index contributed by atoms with van der Waals surface area (Å²) in [4.78, 5) is 12.6. The third kappa shape index (κ3) is 4.76. The molecule has 29 heavy (non-hydrogen) atoms. The lowest BCUT2D eigenvalue weighted by Crippen LogP contribution is -2.33. The van der Waals surface area contributed by atoms with E-state index in [0.717, 1.165) is 24.2 Å². The normalized spacial score (nSPS) is 16.0. The second-order valence-electron chi connectivity index (χ2n) is 6.51. The zero-order valence-electron chi connectivity index (χ0n) is 16.0. The van der Waals surface area contributed by atoms with Gasteiger partial charge in [0.1, 0.15) is 11.4 Å². The number of halogens is 1. The molecule has 152 valence electrons. The molecule has 1 saturated heterocycles. The van der Waals surface area contributed by atoms with Crippen molar-refractivity contribution >= 4 is 24.0 Å². The van der Waals surface area contributed by atoms with E-state index in [2.05, 4.69) is 20.8 Å². The van der Waals surface area contributed by atoms with Gasteiger partial charge in [0.05, 0.1) is 25.5 Å². The zero-order valence-corrected chi connectivity index (χ0v) is 16.8. The van der Waals surface area contributed by atoms with Crippen LogP contribution < -0.4 is 15.4 Å². The number of nitrogens with one attached hydrogen (secondary N) is 3. The van der Waals surface area contributed by atoms with Gasteiger partial charge in [0.2, 0.25) is 0 Å². The minimum Gasteiger partial charge on any atom is -0.496 e. The number of carbonyl (C=O) groups is 1. The molecule has 8 heteroatoms. The molecule has 1 fully saturated rings. The van der Waals surface area contributed by atoms with Gasteiger partial charge in [0, 0.05) is 24.3 Å². The number of aromatic amines is 1. The molecular formula is C21H23ClN4O3. The highest BCUT2D eigenvalue weighted by Gasteiger charge is 2.16. The number of benzene rings is 2. The van der Waals surface area contributed by atoms with Gasteiger partial charge in [0.15, 0.2) is 0 Å². The number of ether oxygens (including phenoxy) is 2. The van der Waals surface area contributed by atoms with E-state index < -0.39 is 0 Å². The van der Waals surface area contributed by atoms with Gasteiger partial charge in [-0.2, -0.15) is 5.10 Å². The Balaban J connectivity index is 0.00000240. The van der Waals surface area contributed by atoms with Crippen LogP contribution in [-0.4, -0.2) is 42.9 Å². The van der Waals surface area contributed by atoms with Crippen LogP contribution in [0.5, 0.6) is 5.75 Å². The summed E-state index contributed by atoms with van der Waals surface area (Å²) in [5.74, 6) is 0.452. The van der Waals surface area contributed by atoms with Crippen molar-refractivity contribution in [2.75, 3.05) is 32.1 Å². The summed E-state index contributed by atoms with van der Waals surface area (Å²) in [6.45, 7) is 2.38. The molecule has 0 spiro atoms. The van der Waals surface area contributed by atoms with Crippen molar-refractivity contribution in [2.45, 2.75) is 6.10 Å². The molecular weight excluding hydrogens is 392 g/mol. The van der Waals surface area contributed by atoms with Gasteiger partial charge in [-0.05, 0) is 35.9 Å². The van der Waals surface area contributed by atoms with E-state index in [-0.39, 0.29) is 24.4 Å². The number of rotatable bonds is 5. The molecule has 1 aromatic heterocycles. The van der Waals surface area contributed by atoms with Crippen LogP contribution in [0.2, 0.25) is 0 Å². The van der Waals surface area contributed by atoms with Gasteiger partial charge < -0.3 is 20.1 Å². The molecule has 0 aliphatic carbocycles. The standard InChI is InChI=1S/C21H22N4O3.ClH/c1-27-19-5-3-2-4-16(19)17-12-18(25-24-17)21(26)23-15-8-6-14(7-9-15)20-13-22-10-11-28-20;/h2-9,12,20,22H,10-11,13H2,1H3,(H,23,26)(H,24,25);1H. The van der Waals surface area contributed by atoms with Crippen LogP contribution in [0, 0.1) is 0 Å². The molecule has 1 aliphatic rings. The Kier molecular flexibility index (Phi) is 6.87. The lowest BCUT2D eigenvalue weighted by atomic mass is 10.1. The molecule has 3 N–H and O–H groups in total. The van der Waals surface area contributed by atoms with Crippen molar-refractivity contribution in [3.63, 3.8) is 0 Å². The van der Waals surface area contributed by atoms with Crippen LogP contribution in [0.3, 0.4) is 0 Å². The summed E-state index contributed by atoms with van der Waals surface area (Å²) in [5, 5.41) is 13.2. The number of anilines is 1. The Morgan fingerprint density at radius 3 is 2.72 bits per heavy atom. The maximum atomic E-state index is 12.6. The van der Waals surface area contributed by atoms with E-state index >= 15 is 0 Å². The van der Waals surface area contributed by atoms with Crippen molar-refractivity contribution in [1.29, 1.82) is 0 Å². The fourth-order valence-corrected chi connectivity index (χ4v) is 3.19. The highest BCUT2D eigenvalue weighted by molar-refractivity contribution is 6.03. The quantitative estimate of drug-likeness (QED) is 0.595. The number of carbonyl (C=O) groups excluding carboxylic acids is 1. The fraction of sp³-hybridized carbons (Fsp3) is 0.238. The van der Waals surface area contributed by atoms with Crippen LogP contribution in [-0.2, 0) is 4.74 Å². The molecule has 0 saturated carbocycles. The van der Waals surface area contributed by atoms with Gasteiger partial charge in [-0.25, -0.2) is 0 Å². The first kappa shape index (κ1) is 20.9. The number of amides is 1. The zero-order chi connectivity index (χ0) is 19.3. The maximum absolute atomic E-state index is 12.6. The van der Waals surface area contributed by atoms with Crippen LogP contribution in [0.15, 0.2) is 54.6 Å². The number of aromatic nitrogens is 2. The van der Waals surface area contributed by atoms with Crippen molar-refractivity contribution in [2.24, 2.45) is 0 Å². The Hall–Kier alpha value is -2.87. The van der Waals surface area contributed by atoms with Crippen molar-refractivity contribution in [1.82, 2.24) is 15.5 Å². The van der Waals surface area contributed by atoms with Gasteiger partial charge in [-0.3, -0.25) is 9.89 Å². The molecule has 2 aromatic carbocycles. The number of para-hydroxylation sites is 1. The van der Waals surface area contributed by atoms with E-state index in [1.54, 1.807) is 13.2 Å². The van der Waals surface area contributed by atoms with Crippen molar-refractivity contribution in [3.8, 4) is 17.0 Å². The fourth-order valence-electron chi connectivity index (χ4n) is 3.19. The first-order chi connectivity index (χ1) is 13.7. The topological polar surface area (TPSA) is 88.3 Å². The van der Waals surface area contributed by atoms with E-state index in [1.165, 1.54) is 0 Å². The SMILES string of the molecule is COc1ccccc1-c1cc(C(=O)Nc2ccc(C3CNCCO3)cc2)[nH]n1.Cl. The third-order valence-electron chi connectivity index (χ3n) is 4.67. The average molecular weight is 415 g/mol. The highest BCUT2D eigenvalue weighted by atomic mass is 35.5. The number of H-pyrrole nitrogens is 1.